The smallest absolute Gasteiger partial charge is 0.349 e. The van der Waals surface area contributed by atoms with Crippen molar-refractivity contribution in [2.24, 2.45) is 0 Å². The molecule has 3 heterocycles. The zero-order chi connectivity index (χ0) is 27.4. The summed E-state index contributed by atoms with van der Waals surface area (Å²) in [4.78, 5) is 65.0. The summed E-state index contributed by atoms with van der Waals surface area (Å²) in [5.41, 5.74) is -1.05. The minimum Gasteiger partial charge on any atom is -0.504 e. The molecular weight excluding hydrogens is 514 g/mol. The molecule has 3 aromatic rings. The van der Waals surface area contributed by atoms with Crippen molar-refractivity contribution in [3.63, 3.8) is 0 Å². The van der Waals surface area contributed by atoms with E-state index in [0.717, 1.165) is 0 Å². The number of hydrogen-bond acceptors (Lipinski definition) is 8. The second kappa shape index (κ2) is 9.21. The van der Waals surface area contributed by atoms with Crippen molar-refractivity contribution < 1.29 is 33.8 Å². The summed E-state index contributed by atoms with van der Waals surface area (Å²) in [7, 11) is 0. The van der Waals surface area contributed by atoms with Gasteiger partial charge in [0, 0.05) is 10.1 Å². The Bertz CT molecular complexity index is 1540. The summed E-state index contributed by atoms with van der Waals surface area (Å²) >= 11 is 1.28. The number of carboxylic acids is 1. The minimum atomic E-state index is -1.28. The van der Waals surface area contributed by atoms with Gasteiger partial charge < -0.3 is 30.2 Å². The van der Waals surface area contributed by atoms with E-state index in [9.17, 15) is 34.2 Å². The van der Waals surface area contributed by atoms with Gasteiger partial charge in [-0.3, -0.25) is 14.4 Å². The molecule has 1 unspecified atom stereocenters. The van der Waals surface area contributed by atoms with Crippen LogP contribution in [0.3, 0.4) is 0 Å². The molecule has 2 saturated heterocycles. The number of hydrogen-bond donors (Lipinski definition) is 4. The van der Waals surface area contributed by atoms with E-state index in [1.807, 2.05) is 0 Å². The number of fused-ring (bicyclic) bond motifs is 2. The molecule has 2 aliphatic rings. The molecule has 1 aromatic heterocycles. The standard InChI is InChI=1S/C26H23N3O8S/c1-26(2)19(24(34)35)29-22(33)17(23(29)38-26)28-21(32)16(12-7-4-3-5-8-12)27-20(31)14-11-13-9-6-10-15(30)18(13)37-25(14)36/h3-11,16-17,19,23,30H,1-2H3,(H,27,31)(H,28,32)(H,34,35)/t16?,17-,19-,23-/m1/s1. The largest absolute Gasteiger partial charge is 0.504 e. The Kier molecular flexibility index (Phi) is 6.14. The third-order valence-electron chi connectivity index (χ3n) is 6.63. The molecule has 0 bridgehead atoms. The zero-order valence-corrected chi connectivity index (χ0v) is 21.0. The van der Waals surface area contributed by atoms with Crippen molar-refractivity contribution in [2.75, 3.05) is 0 Å². The van der Waals surface area contributed by atoms with Crippen molar-refractivity contribution in [3.05, 3.63) is 76.1 Å². The first-order valence-electron chi connectivity index (χ1n) is 11.6. The highest BCUT2D eigenvalue weighted by Gasteiger charge is 2.64. The van der Waals surface area contributed by atoms with Gasteiger partial charge in [0.15, 0.2) is 11.3 Å². The number of benzene rings is 2. The maximum atomic E-state index is 13.4. The van der Waals surface area contributed by atoms with Crippen LogP contribution in [0.1, 0.15) is 35.8 Å². The Labute approximate surface area is 219 Å². The number of carbonyl (C=O) groups excluding carboxylic acids is 3. The molecule has 4 N–H and O–H groups in total. The highest BCUT2D eigenvalue weighted by Crippen LogP contribution is 2.50. The molecule has 5 rings (SSSR count). The number of phenolic OH excluding ortho intramolecular Hbond substituents is 1. The Hall–Kier alpha value is -4.32. The monoisotopic (exact) mass is 537 g/mol. The summed E-state index contributed by atoms with van der Waals surface area (Å²) in [6.45, 7) is 3.45. The van der Waals surface area contributed by atoms with Gasteiger partial charge in [-0.2, -0.15) is 0 Å². The van der Waals surface area contributed by atoms with Gasteiger partial charge in [-0.25, -0.2) is 9.59 Å². The maximum Gasteiger partial charge on any atom is 0.349 e. The first-order chi connectivity index (χ1) is 18.0. The molecule has 4 atom stereocenters. The van der Waals surface area contributed by atoms with Crippen molar-refractivity contribution in [1.29, 1.82) is 0 Å². The lowest BCUT2D eigenvalue weighted by molar-refractivity contribution is -0.161. The maximum absolute atomic E-state index is 13.4. The number of aliphatic carboxylic acids is 1. The fourth-order valence-corrected chi connectivity index (χ4v) is 6.45. The Morgan fingerprint density at radius 2 is 1.79 bits per heavy atom. The van der Waals surface area contributed by atoms with Crippen LogP contribution >= 0.6 is 11.8 Å². The predicted molar refractivity (Wildman–Crippen MR) is 136 cm³/mol. The molecule has 38 heavy (non-hydrogen) atoms. The normalized spacial score (nSPS) is 22.3. The van der Waals surface area contributed by atoms with Gasteiger partial charge in [-0.15, -0.1) is 11.8 Å². The molecular formula is C26H23N3O8S. The quantitative estimate of drug-likeness (QED) is 0.270. The first kappa shape index (κ1) is 25.3. The van der Waals surface area contributed by atoms with Crippen molar-refractivity contribution in [3.8, 4) is 5.75 Å². The Balaban J connectivity index is 1.40. The van der Waals surface area contributed by atoms with Gasteiger partial charge in [0.1, 0.15) is 29.1 Å². The van der Waals surface area contributed by atoms with E-state index in [-0.39, 0.29) is 16.9 Å². The van der Waals surface area contributed by atoms with Crippen LogP contribution in [0, 0.1) is 0 Å². The van der Waals surface area contributed by atoms with Gasteiger partial charge in [0.2, 0.25) is 11.8 Å². The summed E-state index contributed by atoms with van der Waals surface area (Å²) in [5.74, 6) is -3.51. The average molecular weight is 538 g/mol. The average Bonchev–Trinajstić information content (AvgIpc) is 3.14. The molecule has 12 heteroatoms. The van der Waals surface area contributed by atoms with Crippen molar-refractivity contribution >= 4 is 46.4 Å². The highest BCUT2D eigenvalue weighted by molar-refractivity contribution is 8.01. The fraction of sp³-hybridized carbons (Fsp3) is 0.269. The van der Waals surface area contributed by atoms with Crippen LogP contribution in [0.4, 0.5) is 0 Å². The van der Waals surface area contributed by atoms with E-state index in [2.05, 4.69) is 10.6 Å². The SMILES string of the molecule is CC1(C)S[C@@H]2[C@H](NC(=O)C(NC(=O)c3cc4cccc(O)c4oc3=O)c3ccccc3)C(=O)N2[C@@H]1C(=O)O. The molecule has 0 spiro atoms. The summed E-state index contributed by atoms with van der Waals surface area (Å²) in [5, 5.41) is 24.5. The van der Waals surface area contributed by atoms with Crippen LogP contribution in [-0.2, 0) is 14.4 Å². The van der Waals surface area contributed by atoms with Gasteiger partial charge in [-0.05, 0) is 31.5 Å². The number of nitrogens with one attached hydrogen (secondary N) is 2. The van der Waals surface area contributed by atoms with E-state index in [4.69, 9.17) is 4.42 Å². The number of nitrogens with zero attached hydrogens (tertiary/aromatic N) is 1. The summed E-state index contributed by atoms with van der Waals surface area (Å²) in [6.07, 6.45) is 0. The van der Waals surface area contributed by atoms with Gasteiger partial charge in [0.25, 0.3) is 5.91 Å². The minimum absolute atomic E-state index is 0.0731. The van der Waals surface area contributed by atoms with Gasteiger partial charge in [0.05, 0.1) is 0 Å². The molecule has 11 nitrogen and oxygen atoms in total. The van der Waals surface area contributed by atoms with Crippen molar-refractivity contribution in [2.45, 2.75) is 42.1 Å². The number of carbonyl (C=O) groups is 4. The highest BCUT2D eigenvalue weighted by atomic mass is 32.2. The predicted octanol–water partition coefficient (Wildman–Crippen LogP) is 1.60. The second-order valence-corrected chi connectivity index (χ2v) is 11.3. The lowest BCUT2D eigenvalue weighted by Crippen LogP contribution is -2.71. The van der Waals surface area contributed by atoms with Crippen LogP contribution < -0.4 is 16.3 Å². The number of phenols is 1. The zero-order valence-electron chi connectivity index (χ0n) is 20.2. The fourth-order valence-electron chi connectivity index (χ4n) is 4.82. The molecule has 0 saturated carbocycles. The van der Waals surface area contributed by atoms with E-state index < -0.39 is 57.6 Å². The second-order valence-electron chi connectivity index (χ2n) is 9.54. The van der Waals surface area contributed by atoms with Gasteiger partial charge >= 0.3 is 11.6 Å². The molecule has 2 aromatic carbocycles. The Morgan fingerprint density at radius 1 is 1.08 bits per heavy atom. The van der Waals surface area contributed by atoms with Crippen LogP contribution in [0.5, 0.6) is 5.75 Å². The van der Waals surface area contributed by atoms with Crippen LogP contribution in [0.15, 0.2) is 63.8 Å². The van der Waals surface area contributed by atoms with E-state index in [1.54, 1.807) is 50.2 Å². The molecule has 0 radical (unpaired) electrons. The van der Waals surface area contributed by atoms with E-state index >= 15 is 0 Å². The number of aromatic hydroxyl groups is 1. The summed E-state index contributed by atoms with van der Waals surface area (Å²) < 4.78 is 4.36. The third-order valence-corrected chi connectivity index (χ3v) is 8.20. The number of β-lactam (4-membered cyclic amide) rings is 1. The number of amides is 3. The lowest BCUT2D eigenvalue weighted by Gasteiger charge is -2.44. The molecule has 196 valence electrons. The third kappa shape index (κ3) is 4.16. The number of para-hydroxylation sites is 1. The number of rotatable bonds is 6. The topological polar surface area (TPSA) is 166 Å². The lowest BCUT2D eigenvalue weighted by atomic mass is 9.95. The molecule has 3 amide bonds. The Morgan fingerprint density at radius 3 is 2.47 bits per heavy atom. The van der Waals surface area contributed by atoms with Crippen LogP contribution in [0.25, 0.3) is 11.0 Å². The molecule has 0 aliphatic carbocycles. The van der Waals surface area contributed by atoms with E-state index in [1.165, 1.54) is 34.9 Å². The molecule has 2 aliphatic heterocycles. The number of thioether (sulfide) groups is 1. The van der Waals surface area contributed by atoms with Crippen molar-refractivity contribution in [1.82, 2.24) is 15.5 Å². The van der Waals surface area contributed by atoms with Crippen LogP contribution in [-0.4, -0.2) is 61.0 Å². The van der Waals surface area contributed by atoms with Gasteiger partial charge in [-0.1, -0.05) is 42.5 Å². The van der Waals surface area contributed by atoms with Crippen LogP contribution in [0.2, 0.25) is 0 Å². The molecule has 2 fully saturated rings. The number of carboxylic acid groups (broad SMARTS) is 1. The first-order valence-corrected chi connectivity index (χ1v) is 12.5. The van der Waals surface area contributed by atoms with E-state index in [0.29, 0.717) is 10.9 Å². The summed E-state index contributed by atoms with van der Waals surface area (Å²) in [6, 6.07) is 10.6.